The normalized spacial score (nSPS) is 10.3. The summed E-state index contributed by atoms with van der Waals surface area (Å²) in [6, 6.07) is 3.62. The van der Waals surface area contributed by atoms with Crippen molar-refractivity contribution < 1.29 is 9.53 Å². The van der Waals surface area contributed by atoms with Gasteiger partial charge in [-0.1, -0.05) is 11.6 Å². The number of aldehydes is 1. The Morgan fingerprint density at radius 1 is 1.47 bits per heavy atom. The molecule has 0 saturated carbocycles. The van der Waals surface area contributed by atoms with E-state index in [1.54, 1.807) is 18.6 Å². The van der Waals surface area contributed by atoms with Crippen LogP contribution in [0.25, 0.3) is 10.6 Å². The average molecular weight is 268 g/mol. The van der Waals surface area contributed by atoms with Crippen LogP contribution in [0, 0.1) is 6.92 Å². The van der Waals surface area contributed by atoms with Crippen LogP contribution in [-0.2, 0) is 0 Å². The summed E-state index contributed by atoms with van der Waals surface area (Å²) in [6.07, 6.45) is 0.726. The largest absolute Gasteiger partial charge is 0.496 e. The number of thiazole rings is 1. The zero-order chi connectivity index (χ0) is 12.4. The topological polar surface area (TPSA) is 39.2 Å². The molecule has 2 rings (SSSR count). The van der Waals surface area contributed by atoms with Crippen LogP contribution in [0.3, 0.4) is 0 Å². The maximum atomic E-state index is 10.6. The third kappa shape index (κ3) is 2.33. The van der Waals surface area contributed by atoms with Gasteiger partial charge in [0.2, 0.25) is 0 Å². The van der Waals surface area contributed by atoms with Crippen LogP contribution < -0.4 is 4.74 Å². The number of ether oxygens (including phenoxy) is 1. The fourth-order valence-corrected chi connectivity index (χ4v) is 2.67. The molecule has 0 N–H and O–H groups in total. The van der Waals surface area contributed by atoms with E-state index in [1.165, 1.54) is 11.3 Å². The summed E-state index contributed by atoms with van der Waals surface area (Å²) in [5.41, 5.74) is 2.18. The number of nitrogens with zero attached hydrogens (tertiary/aromatic N) is 1. The highest BCUT2D eigenvalue weighted by atomic mass is 35.5. The minimum atomic E-state index is 0.421. The molecule has 5 heteroatoms. The number of rotatable bonds is 3. The van der Waals surface area contributed by atoms with E-state index in [2.05, 4.69) is 4.98 Å². The van der Waals surface area contributed by atoms with E-state index >= 15 is 0 Å². The Morgan fingerprint density at radius 2 is 2.24 bits per heavy atom. The van der Waals surface area contributed by atoms with Gasteiger partial charge in [-0.25, -0.2) is 4.98 Å². The molecule has 0 aliphatic heterocycles. The molecule has 0 amide bonds. The van der Waals surface area contributed by atoms with Crippen LogP contribution in [-0.4, -0.2) is 18.4 Å². The molecule has 0 bridgehead atoms. The number of carbonyl (C=O) groups excluding carboxylic acids is 1. The van der Waals surface area contributed by atoms with Crippen molar-refractivity contribution in [3.63, 3.8) is 0 Å². The Balaban J connectivity index is 2.60. The van der Waals surface area contributed by atoms with Gasteiger partial charge in [0.1, 0.15) is 16.5 Å². The maximum absolute atomic E-state index is 10.6. The van der Waals surface area contributed by atoms with Crippen LogP contribution in [0.5, 0.6) is 5.75 Å². The van der Waals surface area contributed by atoms with E-state index in [-0.39, 0.29) is 0 Å². The van der Waals surface area contributed by atoms with E-state index in [9.17, 15) is 4.79 Å². The van der Waals surface area contributed by atoms with Gasteiger partial charge in [0.25, 0.3) is 0 Å². The number of benzene rings is 1. The summed E-state index contributed by atoms with van der Waals surface area (Å²) in [7, 11) is 1.61. The summed E-state index contributed by atoms with van der Waals surface area (Å²) in [5, 5.41) is 3.06. The second kappa shape index (κ2) is 4.85. The van der Waals surface area contributed by atoms with Gasteiger partial charge in [-0.15, -0.1) is 11.3 Å². The second-order valence-corrected chi connectivity index (χ2v) is 4.79. The Morgan fingerprint density at radius 3 is 2.82 bits per heavy atom. The molecule has 1 heterocycles. The highest BCUT2D eigenvalue weighted by Crippen LogP contribution is 2.36. The van der Waals surface area contributed by atoms with Crippen molar-refractivity contribution in [1.82, 2.24) is 4.98 Å². The first-order valence-corrected chi connectivity index (χ1v) is 6.16. The zero-order valence-electron chi connectivity index (χ0n) is 9.36. The molecule has 2 aromatic rings. The van der Waals surface area contributed by atoms with Gasteiger partial charge >= 0.3 is 0 Å². The van der Waals surface area contributed by atoms with E-state index in [1.807, 2.05) is 13.0 Å². The molecule has 0 spiro atoms. The molecule has 0 unspecified atom stereocenters. The molecule has 0 atom stereocenters. The summed E-state index contributed by atoms with van der Waals surface area (Å²) in [5.74, 6) is 0.737. The van der Waals surface area contributed by atoms with Crippen molar-refractivity contribution >= 4 is 29.2 Å². The molecule has 1 aromatic carbocycles. The highest BCUT2D eigenvalue weighted by molar-refractivity contribution is 7.13. The smallest absolute Gasteiger partial charge is 0.169 e. The predicted octanol–water partition coefficient (Wildman–Crippen LogP) is 3.59. The number of hydrogen-bond donors (Lipinski definition) is 0. The SMILES string of the molecule is COc1c(C)cc(Cl)cc1-c1nc(C=O)cs1. The molecule has 0 fully saturated rings. The lowest BCUT2D eigenvalue weighted by molar-refractivity contribution is 0.111. The summed E-state index contributed by atoms with van der Waals surface area (Å²) in [4.78, 5) is 14.8. The maximum Gasteiger partial charge on any atom is 0.169 e. The fraction of sp³-hybridized carbons (Fsp3) is 0.167. The first-order chi connectivity index (χ1) is 8.15. The van der Waals surface area contributed by atoms with E-state index in [0.29, 0.717) is 10.7 Å². The van der Waals surface area contributed by atoms with Gasteiger partial charge in [0, 0.05) is 10.4 Å². The zero-order valence-corrected chi connectivity index (χ0v) is 10.9. The molecular weight excluding hydrogens is 258 g/mol. The van der Waals surface area contributed by atoms with Gasteiger partial charge in [-0.05, 0) is 24.6 Å². The number of halogens is 1. The molecule has 17 heavy (non-hydrogen) atoms. The van der Waals surface area contributed by atoms with Gasteiger partial charge in [-0.3, -0.25) is 4.79 Å². The monoisotopic (exact) mass is 267 g/mol. The number of hydrogen-bond acceptors (Lipinski definition) is 4. The standard InChI is InChI=1S/C12H10ClNO2S/c1-7-3-8(13)4-10(11(7)16-2)12-14-9(5-15)6-17-12/h3-6H,1-2H3. The molecular formula is C12H10ClNO2S. The Hall–Kier alpha value is -1.39. The second-order valence-electron chi connectivity index (χ2n) is 3.50. The Bertz CT molecular complexity index is 566. The van der Waals surface area contributed by atoms with Crippen LogP contribution in [0.15, 0.2) is 17.5 Å². The quantitative estimate of drug-likeness (QED) is 0.798. The fourth-order valence-electron chi connectivity index (χ4n) is 1.62. The van der Waals surface area contributed by atoms with E-state index in [4.69, 9.17) is 16.3 Å². The third-order valence-corrected chi connectivity index (χ3v) is 3.43. The first-order valence-electron chi connectivity index (χ1n) is 4.91. The van der Waals surface area contributed by atoms with E-state index in [0.717, 1.165) is 28.2 Å². The highest BCUT2D eigenvalue weighted by Gasteiger charge is 2.13. The lowest BCUT2D eigenvalue weighted by atomic mass is 10.1. The van der Waals surface area contributed by atoms with Crippen LogP contribution >= 0.6 is 22.9 Å². The molecule has 0 aliphatic carbocycles. The van der Waals surface area contributed by atoms with Crippen molar-refractivity contribution in [1.29, 1.82) is 0 Å². The first kappa shape index (κ1) is 12.1. The average Bonchev–Trinajstić information content (AvgIpc) is 2.76. The van der Waals surface area contributed by atoms with Gasteiger partial charge in [-0.2, -0.15) is 0 Å². The third-order valence-electron chi connectivity index (χ3n) is 2.32. The minimum absolute atomic E-state index is 0.421. The van der Waals surface area contributed by atoms with Gasteiger partial charge in [0.05, 0.1) is 12.7 Å². The Labute approximate surface area is 108 Å². The molecule has 0 aliphatic rings. The molecule has 0 radical (unpaired) electrons. The predicted molar refractivity (Wildman–Crippen MR) is 69.2 cm³/mol. The van der Waals surface area contributed by atoms with Crippen molar-refractivity contribution in [3.05, 3.63) is 33.8 Å². The summed E-state index contributed by atoms with van der Waals surface area (Å²) >= 11 is 7.41. The number of aryl methyl sites for hydroxylation is 1. The van der Waals surface area contributed by atoms with Gasteiger partial charge in [0.15, 0.2) is 6.29 Å². The lowest BCUT2D eigenvalue weighted by Crippen LogP contribution is -1.91. The molecule has 3 nitrogen and oxygen atoms in total. The summed E-state index contributed by atoms with van der Waals surface area (Å²) < 4.78 is 5.35. The minimum Gasteiger partial charge on any atom is -0.496 e. The number of carbonyl (C=O) groups is 1. The van der Waals surface area contributed by atoms with Crippen molar-refractivity contribution in [2.75, 3.05) is 7.11 Å². The number of aromatic nitrogens is 1. The van der Waals surface area contributed by atoms with Crippen molar-refractivity contribution in [2.45, 2.75) is 6.92 Å². The van der Waals surface area contributed by atoms with E-state index < -0.39 is 0 Å². The Kier molecular flexibility index (Phi) is 3.45. The van der Waals surface area contributed by atoms with Crippen LogP contribution in [0.4, 0.5) is 0 Å². The van der Waals surface area contributed by atoms with Crippen LogP contribution in [0.2, 0.25) is 5.02 Å². The molecule has 1 aromatic heterocycles. The number of methoxy groups -OCH3 is 1. The summed E-state index contributed by atoms with van der Waals surface area (Å²) in [6.45, 7) is 1.92. The van der Waals surface area contributed by atoms with Crippen molar-refractivity contribution in [3.8, 4) is 16.3 Å². The molecule has 88 valence electrons. The lowest BCUT2D eigenvalue weighted by Gasteiger charge is -2.09. The van der Waals surface area contributed by atoms with Gasteiger partial charge < -0.3 is 4.74 Å². The van der Waals surface area contributed by atoms with Crippen molar-refractivity contribution in [2.24, 2.45) is 0 Å². The molecule has 0 saturated heterocycles. The van der Waals surface area contributed by atoms with Crippen LogP contribution in [0.1, 0.15) is 16.1 Å².